The van der Waals surface area contributed by atoms with E-state index in [1.165, 1.54) is 0 Å². The van der Waals surface area contributed by atoms with Crippen LogP contribution in [0.2, 0.25) is 5.02 Å². The summed E-state index contributed by atoms with van der Waals surface area (Å²) in [6.07, 6.45) is -1.05. The summed E-state index contributed by atoms with van der Waals surface area (Å²) < 4.78 is 18.7. The number of esters is 2. The predicted molar refractivity (Wildman–Crippen MR) is 184 cm³/mol. The van der Waals surface area contributed by atoms with E-state index in [9.17, 15) is 14.4 Å². The summed E-state index contributed by atoms with van der Waals surface area (Å²) in [7, 11) is 1.54. The number of methoxy groups -OCH3 is 1. The molecule has 0 aliphatic heterocycles. The van der Waals surface area contributed by atoms with Gasteiger partial charge in [-0.2, -0.15) is 0 Å². The van der Waals surface area contributed by atoms with E-state index < -0.39 is 18.0 Å². The van der Waals surface area contributed by atoms with E-state index in [4.69, 9.17) is 43.1 Å². The van der Waals surface area contributed by atoms with Gasteiger partial charge in [0.15, 0.2) is 0 Å². The maximum Gasteiger partial charge on any atom is 0.338 e. The van der Waals surface area contributed by atoms with E-state index in [1.54, 1.807) is 73.2 Å². The Morgan fingerprint density at radius 1 is 1.02 bits per heavy atom. The van der Waals surface area contributed by atoms with E-state index in [1.807, 2.05) is 0 Å². The summed E-state index contributed by atoms with van der Waals surface area (Å²) in [5.74, 6) is -0.995. The predicted octanol–water partition coefficient (Wildman–Crippen LogP) is 7.04. The number of carbonyl (C=O) groups excluding carboxylic acids is 3. The van der Waals surface area contributed by atoms with Crippen LogP contribution < -0.4 is 10.5 Å². The molecule has 0 bridgehead atoms. The van der Waals surface area contributed by atoms with E-state index >= 15 is 0 Å². The summed E-state index contributed by atoms with van der Waals surface area (Å²) >= 11 is 15.6. The zero-order valence-corrected chi connectivity index (χ0v) is 29.2. The van der Waals surface area contributed by atoms with Crippen LogP contribution in [0, 0.1) is 6.92 Å². The van der Waals surface area contributed by atoms with Crippen molar-refractivity contribution in [2.45, 2.75) is 39.8 Å². The van der Waals surface area contributed by atoms with Crippen LogP contribution in [0.3, 0.4) is 0 Å². The average molecular weight is 733 g/mol. The van der Waals surface area contributed by atoms with Crippen LogP contribution in [-0.4, -0.2) is 66.1 Å². The highest BCUT2D eigenvalue weighted by Crippen LogP contribution is 2.31. The fourth-order valence-electron chi connectivity index (χ4n) is 5.14. The fraction of sp³-hybridized carbons (Fsp3) is 0.324. The molecular formula is C34H36BrCl2N3O6. The van der Waals surface area contributed by atoms with Crippen molar-refractivity contribution >= 4 is 73.6 Å². The van der Waals surface area contributed by atoms with Gasteiger partial charge in [0, 0.05) is 32.7 Å². The zero-order valence-electron chi connectivity index (χ0n) is 26.1. The number of rotatable bonds is 13. The Labute approximate surface area is 286 Å². The van der Waals surface area contributed by atoms with Gasteiger partial charge in [0.25, 0.3) is 5.91 Å². The largest absolute Gasteiger partial charge is 0.497 e. The van der Waals surface area contributed by atoms with Crippen molar-refractivity contribution in [2.75, 3.05) is 38.4 Å². The molecule has 1 aromatic heterocycles. The van der Waals surface area contributed by atoms with Gasteiger partial charge in [0.05, 0.1) is 36.2 Å². The zero-order chi connectivity index (χ0) is 33.5. The molecule has 1 atom stereocenters. The third kappa shape index (κ3) is 8.04. The third-order valence-electron chi connectivity index (χ3n) is 7.77. The summed E-state index contributed by atoms with van der Waals surface area (Å²) in [6, 6.07) is 15.2. The highest BCUT2D eigenvalue weighted by atomic mass is 79.9. The lowest BCUT2D eigenvalue weighted by Gasteiger charge is -2.20. The van der Waals surface area contributed by atoms with Crippen LogP contribution in [0.4, 0.5) is 5.69 Å². The molecule has 0 amide bonds. The molecule has 244 valence electrons. The van der Waals surface area contributed by atoms with Gasteiger partial charge < -0.3 is 19.9 Å². The Hall–Kier alpha value is -3.57. The second-order valence-electron chi connectivity index (χ2n) is 10.6. The number of fused-ring (bicyclic) bond motifs is 1. The molecule has 2 N–H and O–H groups in total. The second kappa shape index (κ2) is 15.8. The molecule has 0 saturated carbocycles. The first kappa shape index (κ1) is 35.3. The smallest absolute Gasteiger partial charge is 0.338 e. The molecule has 46 heavy (non-hydrogen) atoms. The number of alkyl halides is 1. The molecule has 9 nitrogen and oxygen atoms in total. The van der Waals surface area contributed by atoms with E-state index in [2.05, 4.69) is 34.7 Å². The van der Waals surface area contributed by atoms with Crippen LogP contribution in [0.15, 0.2) is 59.1 Å². The van der Waals surface area contributed by atoms with Gasteiger partial charge >= 0.3 is 11.9 Å². The Bertz CT molecular complexity index is 1740. The topological polar surface area (TPSA) is 113 Å². The minimum atomic E-state index is -0.899. The average Bonchev–Trinajstić information content (AvgIpc) is 3.32. The number of hydrogen-bond donors (Lipinski definition) is 1. The van der Waals surface area contributed by atoms with E-state index in [-0.39, 0.29) is 24.8 Å². The second-order valence-corrected chi connectivity index (χ2v) is 12.2. The Balaban J connectivity index is 1.50. The lowest BCUT2D eigenvalue weighted by atomic mass is 10.1. The number of aromatic nitrogens is 1. The maximum atomic E-state index is 13.6. The molecule has 0 aliphatic carbocycles. The molecule has 3 aromatic carbocycles. The number of nitrogens with two attached hydrogens (primary N) is 1. The molecule has 0 radical (unpaired) electrons. The number of nitrogen functional groups attached to an aromatic ring is 1. The maximum absolute atomic E-state index is 13.6. The van der Waals surface area contributed by atoms with Gasteiger partial charge in [0.2, 0.25) is 0 Å². The van der Waals surface area contributed by atoms with Crippen molar-refractivity contribution in [1.82, 2.24) is 9.47 Å². The lowest BCUT2D eigenvalue weighted by Crippen LogP contribution is -2.28. The summed E-state index contributed by atoms with van der Waals surface area (Å²) in [5, 5.41) is 1.18. The Morgan fingerprint density at radius 3 is 2.35 bits per heavy atom. The molecule has 0 spiro atoms. The van der Waals surface area contributed by atoms with Gasteiger partial charge in [-0.25, -0.2) is 4.79 Å². The molecule has 4 rings (SSSR count). The number of nitrogens with zero attached hydrogens (tertiary/aromatic N) is 2. The SMILES string of the molecule is CCN(CC)Cc1cc(C(=O)OCC(CCl)OC(=O)Cc2c(C)n(C(=O)c3ccc(Cl)cc3)c3ccc(OC)cc23)cc(Br)c1N. The van der Waals surface area contributed by atoms with E-state index in [0.717, 1.165) is 18.7 Å². The normalized spacial score (nSPS) is 11.9. The van der Waals surface area contributed by atoms with Crippen molar-refractivity contribution in [1.29, 1.82) is 0 Å². The molecule has 12 heteroatoms. The van der Waals surface area contributed by atoms with Gasteiger partial charge in [-0.05, 0) is 102 Å². The van der Waals surface area contributed by atoms with Gasteiger partial charge in [-0.15, -0.1) is 11.6 Å². The summed E-state index contributed by atoms with van der Waals surface area (Å²) in [5.41, 5.74) is 10.1. The number of carbonyl (C=O) groups is 3. The molecular weight excluding hydrogens is 697 g/mol. The lowest BCUT2D eigenvalue weighted by molar-refractivity contribution is -0.149. The molecule has 0 aliphatic rings. The van der Waals surface area contributed by atoms with Crippen LogP contribution in [0.1, 0.15) is 51.4 Å². The highest BCUT2D eigenvalue weighted by molar-refractivity contribution is 9.10. The molecule has 4 aromatic rings. The summed E-state index contributed by atoms with van der Waals surface area (Å²) in [6.45, 7) is 7.87. The minimum Gasteiger partial charge on any atom is -0.497 e. The van der Waals surface area contributed by atoms with Crippen LogP contribution in [0.5, 0.6) is 5.75 Å². The first-order valence-corrected chi connectivity index (χ1v) is 16.4. The first-order chi connectivity index (χ1) is 22.0. The monoisotopic (exact) mass is 731 g/mol. The molecule has 1 unspecified atom stereocenters. The van der Waals surface area contributed by atoms with Crippen molar-refractivity contribution < 1.29 is 28.6 Å². The highest BCUT2D eigenvalue weighted by Gasteiger charge is 2.25. The van der Waals surface area contributed by atoms with Crippen LogP contribution in [-0.2, 0) is 27.2 Å². The van der Waals surface area contributed by atoms with Gasteiger partial charge in [-0.3, -0.25) is 19.1 Å². The number of halogens is 3. The molecule has 1 heterocycles. The van der Waals surface area contributed by atoms with Crippen LogP contribution >= 0.6 is 39.1 Å². The number of hydrogen-bond acceptors (Lipinski definition) is 8. The molecule has 0 fully saturated rings. The Kier molecular flexibility index (Phi) is 12.1. The number of anilines is 1. The summed E-state index contributed by atoms with van der Waals surface area (Å²) in [4.78, 5) is 42.0. The van der Waals surface area contributed by atoms with E-state index in [0.29, 0.717) is 60.8 Å². The Morgan fingerprint density at radius 2 is 1.72 bits per heavy atom. The van der Waals surface area contributed by atoms with Crippen molar-refractivity contribution in [2.24, 2.45) is 0 Å². The quantitative estimate of drug-likeness (QED) is 0.0886. The molecule has 0 saturated heterocycles. The van der Waals surface area contributed by atoms with Crippen molar-refractivity contribution in [3.05, 3.63) is 92.0 Å². The van der Waals surface area contributed by atoms with Crippen LogP contribution in [0.25, 0.3) is 10.9 Å². The third-order valence-corrected chi connectivity index (χ3v) is 9.02. The number of benzene rings is 3. The van der Waals surface area contributed by atoms with Gasteiger partial charge in [-0.1, -0.05) is 25.4 Å². The fourth-order valence-corrected chi connectivity index (χ4v) is 5.92. The van der Waals surface area contributed by atoms with Crippen molar-refractivity contribution in [3.63, 3.8) is 0 Å². The number of ether oxygens (including phenoxy) is 3. The van der Waals surface area contributed by atoms with Crippen molar-refractivity contribution in [3.8, 4) is 5.75 Å². The first-order valence-electron chi connectivity index (χ1n) is 14.7. The minimum absolute atomic E-state index is 0.0960. The van der Waals surface area contributed by atoms with Gasteiger partial charge in [0.1, 0.15) is 18.5 Å². The standard InChI is InChI=1S/C34H36BrCl2N3O6/c1-5-39(6-2)18-23-13-22(14-29(35)32(23)38)34(43)45-19-26(17-36)46-31(41)16-27-20(3)40(30-12-11-25(44-4)15-28(27)30)33(42)21-7-9-24(37)10-8-21/h7-15,26H,5-6,16-19,38H2,1-4H3.